The van der Waals surface area contributed by atoms with Crippen molar-refractivity contribution in [2.75, 3.05) is 11.9 Å². The van der Waals surface area contributed by atoms with Gasteiger partial charge in [0, 0.05) is 24.3 Å². The van der Waals surface area contributed by atoms with Gasteiger partial charge in [-0.25, -0.2) is 9.37 Å². The van der Waals surface area contributed by atoms with E-state index in [4.69, 9.17) is 0 Å². The van der Waals surface area contributed by atoms with Gasteiger partial charge in [-0.15, -0.1) is 0 Å². The van der Waals surface area contributed by atoms with Crippen LogP contribution >= 0.6 is 15.9 Å². The van der Waals surface area contributed by atoms with E-state index in [0.29, 0.717) is 6.54 Å². The fraction of sp³-hybridized carbons (Fsp3) is 0.286. The van der Waals surface area contributed by atoms with Crippen LogP contribution in [0.4, 0.5) is 10.2 Å². The van der Waals surface area contributed by atoms with Gasteiger partial charge in [0.2, 0.25) is 0 Å². The lowest BCUT2D eigenvalue weighted by Crippen LogP contribution is -2.20. The molecule has 0 saturated heterocycles. The Labute approximate surface area is 120 Å². The third-order valence-corrected chi connectivity index (χ3v) is 3.57. The molecule has 0 bridgehead atoms. The maximum absolute atomic E-state index is 13.1. The van der Waals surface area contributed by atoms with Gasteiger partial charge in [-0.1, -0.05) is 22.0 Å². The Morgan fingerprint density at radius 1 is 1.32 bits per heavy atom. The fourth-order valence-electron chi connectivity index (χ4n) is 1.87. The molecule has 100 valence electrons. The Hall–Kier alpha value is -1.49. The van der Waals surface area contributed by atoms with E-state index in [1.807, 2.05) is 25.8 Å². The molecule has 2 rings (SSSR count). The van der Waals surface area contributed by atoms with Crippen molar-refractivity contribution in [1.29, 1.82) is 0 Å². The van der Waals surface area contributed by atoms with Crippen molar-refractivity contribution in [2.45, 2.75) is 20.4 Å². The van der Waals surface area contributed by atoms with E-state index in [2.05, 4.69) is 25.9 Å². The van der Waals surface area contributed by atoms with E-state index in [1.165, 1.54) is 12.1 Å². The molecule has 19 heavy (non-hydrogen) atoms. The first-order valence-electron chi connectivity index (χ1n) is 5.92. The second-order valence-electron chi connectivity index (χ2n) is 4.51. The molecular weight excluding hydrogens is 309 g/mol. The van der Waals surface area contributed by atoms with Gasteiger partial charge in [0.25, 0.3) is 0 Å². The number of hydrogen-bond acceptors (Lipinski definition) is 3. The molecule has 1 heterocycles. The van der Waals surface area contributed by atoms with Crippen molar-refractivity contribution in [3.05, 3.63) is 51.6 Å². The van der Waals surface area contributed by atoms with Crippen molar-refractivity contribution in [3.8, 4) is 0 Å². The topological polar surface area (TPSA) is 29.0 Å². The highest BCUT2D eigenvalue weighted by Gasteiger charge is 2.10. The first kappa shape index (κ1) is 13.9. The number of aromatic nitrogens is 2. The van der Waals surface area contributed by atoms with Crippen molar-refractivity contribution < 1.29 is 4.39 Å². The molecule has 0 atom stereocenters. The minimum Gasteiger partial charge on any atom is -0.354 e. The molecule has 2 aromatic rings. The van der Waals surface area contributed by atoms with E-state index in [1.54, 1.807) is 12.3 Å². The standard InChI is InChI=1S/C14H15BrFN3/c1-9-7-17-10(2)14(18-9)19(3)8-11-4-5-12(16)6-13(11)15/h4-7H,8H2,1-3H3. The summed E-state index contributed by atoms with van der Waals surface area (Å²) in [7, 11) is 1.95. The summed E-state index contributed by atoms with van der Waals surface area (Å²) in [4.78, 5) is 10.8. The number of benzene rings is 1. The summed E-state index contributed by atoms with van der Waals surface area (Å²) in [6.45, 7) is 4.48. The van der Waals surface area contributed by atoms with Gasteiger partial charge in [-0.2, -0.15) is 0 Å². The Kier molecular flexibility index (Phi) is 4.14. The lowest BCUT2D eigenvalue weighted by Gasteiger charge is -2.20. The molecule has 0 aliphatic heterocycles. The van der Waals surface area contributed by atoms with Crippen LogP contribution in [-0.2, 0) is 6.54 Å². The number of halogens is 2. The fourth-order valence-corrected chi connectivity index (χ4v) is 2.34. The Bertz CT molecular complexity index is 601. The quantitative estimate of drug-likeness (QED) is 0.863. The zero-order valence-corrected chi connectivity index (χ0v) is 12.7. The second kappa shape index (κ2) is 5.65. The van der Waals surface area contributed by atoms with E-state index in [-0.39, 0.29) is 5.82 Å². The summed E-state index contributed by atoms with van der Waals surface area (Å²) in [5.74, 6) is 0.598. The molecule has 1 aromatic heterocycles. The average Bonchev–Trinajstić information content (AvgIpc) is 2.35. The Morgan fingerprint density at radius 2 is 2.05 bits per heavy atom. The highest BCUT2D eigenvalue weighted by molar-refractivity contribution is 9.10. The van der Waals surface area contributed by atoms with Crippen LogP contribution < -0.4 is 4.90 Å². The van der Waals surface area contributed by atoms with Crippen molar-refractivity contribution in [2.24, 2.45) is 0 Å². The second-order valence-corrected chi connectivity index (χ2v) is 5.37. The zero-order chi connectivity index (χ0) is 14.0. The molecule has 0 amide bonds. The minimum atomic E-state index is -0.246. The maximum Gasteiger partial charge on any atom is 0.150 e. The summed E-state index contributed by atoms with van der Waals surface area (Å²) < 4.78 is 13.8. The Morgan fingerprint density at radius 3 is 2.74 bits per heavy atom. The normalized spacial score (nSPS) is 10.6. The molecular formula is C14H15BrFN3. The molecule has 0 fully saturated rings. The first-order chi connectivity index (χ1) is 8.97. The van der Waals surface area contributed by atoms with Crippen LogP contribution in [0.5, 0.6) is 0 Å². The van der Waals surface area contributed by atoms with Gasteiger partial charge in [0.15, 0.2) is 0 Å². The smallest absolute Gasteiger partial charge is 0.150 e. The van der Waals surface area contributed by atoms with E-state index < -0.39 is 0 Å². The number of hydrogen-bond donors (Lipinski definition) is 0. The summed E-state index contributed by atoms with van der Waals surface area (Å²) >= 11 is 3.38. The van der Waals surface area contributed by atoms with Crippen molar-refractivity contribution >= 4 is 21.7 Å². The summed E-state index contributed by atoms with van der Waals surface area (Å²) in [5, 5.41) is 0. The molecule has 3 nitrogen and oxygen atoms in total. The highest BCUT2D eigenvalue weighted by atomic mass is 79.9. The number of rotatable bonds is 3. The lowest BCUT2D eigenvalue weighted by molar-refractivity contribution is 0.625. The van der Waals surface area contributed by atoms with E-state index in [0.717, 1.165) is 27.2 Å². The van der Waals surface area contributed by atoms with Crippen LogP contribution in [0, 0.1) is 19.7 Å². The van der Waals surface area contributed by atoms with Gasteiger partial charge >= 0.3 is 0 Å². The largest absolute Gasteiger partial charge is 0.354 e. The van der Waals surface area contributed by atoms with Crippen LogP contribution in [0.3, 0.4) is 0 Å². The lowest BCUT2D eigenvalue weighted by atomic mass is 10.2. The van der Waals surface area contributed by atoms with Gasteiger partial charge in [0.05, 0.1) is 11.4 Å². The molecule has 0 N–H and O–H groups in total. The molecule has 0 spiro atoms. The summed E-state index contributed by atoms with van der Waals surface area (Å²) in [6, 6.07) is 4.70. The summed E-state index contributed by atoms with van der Waals surface area (Å²) in [6.07, 6.45) is 1.75. The number of anilines is 1. The SMILES string of the molecule is Cc1cnc(C)c(N(C)Cc2ccc(F)cc2Br)n1. The highest BCUT2D eigenvalue weighted by Crippen LogP contribution is 2.22. The molecule has 0 aliphatic rings. The summed E-state index contributed by atoms with van der Waals surface area (Å²) in [5.41, 5.74) is 2.77. The van der Waals surface area contributed by atoms with Gasteiger partial charge in [-0.3, -0.25) is 4.98 Å². The van der Waals surface area contributed by atoms with Crippen LogP contribution in [0.1, 0.15) is 17.0 Å². The van der Waals surface area contributed by atoms with E-state index >= 15 is 0 Å². The van der Waals surface area contributed by atoms with Gasteiger partial charge < -0.3 is 4.90 Å². The van der Waals surface area contributed by atoms with Crippen molar-refractivity contribution in [1.82, 2.24) is 9.97 Å². The van der Waals surface area contributed by atoms with Gasteiger partial charge in [0.1, 0.15) is 11.6 Å². The van der Waals surface area contributed by atoms with Crippen LogP contribution in [-0.4, -0.2) is 17.0 Å². The predicted molar refractivity (Wildman–Crippen MR) is 77.7 cm³/mol. The molecule has 0 radical (unpaired) electrons. The predicted octanol–water partition coefficient (Wildman–Crippen LogP) is 3.63. The van der Waals surface area contributed by atoms with Crippen LogP contribution in [0.15, 0.2) is 28.9 Å². The van der Waals surface area contributed by atoms with Crippen LogP contribution in [0.2, 0.25) is 0 Å². The zero-order valence-electron chi connectivity index (χ0n) is 11.1. The van der Waals surface area contributed by atoms with E-state index in [9.17, 15) is 4.39 Å². The molecule has 1 aromatic carbocycles. The monoisotopic (exact) mass is 323 g/mol. The number of aryl methyl sites for hydroxylation is 2. The third kappa shape index (κ3) is 3.29. The Balaban J connectivity index is 2.25. The third-order valence-electron chi connectivity index (χ3n) is 2.84. The molecule has 0 aliphatic carbocycles. The molecule has 0 unspecified atom stereocenters. The minimum absolute atomic E-state index is 0.246. The maximum atomic E-state index is 13.1. The van der Waals surface area contributed by atoms with Gasteiger partial charge in [-0.05, 0) is 31.5 Å². The number of nitrogens with zero attached hydrogens (tertiary/aromatic N) is 3. The molecule has 0 saturated carbocycles. The van der Waals surface area contributed by atoms with Crippen molar-refractivity contribution in [3.63, 3.8) is 0 Å². The molecule has 5 heteroatoms. The van der Waals surface area contributed by atoms with Crippen LogP contribution in [0.25, 0.3) is 0 Å². The average molecular weight is 324 g/mol. The first-order valence-corrected chi connectivity index (χ1v) is 6.72.